The van der Waals surface area contributed by atoms with Crippen LogP contribution in [0, 0.1) is 11.8 Å². The first-order chi connectivity index (χ1) is 8.63. The molecular formula is C13H18N2O3. The number of carbonyl (C=O) groups is 2. The van der Waals surface area contributed by atoms with E-state index in [1.165, 1.54) is 7.11 Å². The third-order valence-electron chi connectivity index (χ3n) is 3.58. The van der Waals surface area contributed by atoms with Gasteiger partial charge >= 0.3 is 12.0 Å². The first-order valence-corrected chi connectivity index (χ1v) is 6.12. The molecule has 0 spiro atoms. The van der Waals surface area contributed by atoms with E-state index in [0.29, 0.717) is 5.70 Å². The molecule has 1 fully saturated rings. The largest absolute Gasteiger partial charge is 0.468 e. The third-order valence-corrected chi connectivity index (χ3v) is 3.58. The quantitative estimate of drug-likeness (QED) is 0.574. The predicted molar refractivity (Wildman–Crippen MR) is 66.6 cm³/mol. The molecule has 0 bridgehead atoms. The lowest BCUT2D eigenvalue weighted by Crippen LogP contribution is -2.58. The van der Waals surface area contributed by atoms with E-state index < -0.39 is 5.92 Å². The molecule has 3 unspecified atom stereocenters. The number of rotatable bonds is 2. The van der Waals surface area contributed by atoms with Gasteiger partial charge in [-0.25, -0.2) is 4.79 Å². The van der Waals surface area contributed by atoms with Gasteiger partial charge in [0.25, 0.3) is 0 Å². The SMILES string of the molecule is C=C1NC(=O)NC(C2CC=CCC2)C1C(=O)OC. The van der Waals surface area contributed by atoms with Gasteiger partial charge < -0.3 is 15.4 Å². The molecule has 5 nitrogen and oxygen atoms in total. The minimum atomic E-state index is -0.510. The summed E-state index contributed by atoms with van der Waals surface area (Å²) in [6, 6.07) is -0.525. The smallest absolute Gasteiger partial charge is 0.319 e. The molecule has 2 aliphatic rings. The third kappa shape index (κ3) is 2.39. The van der Waals surface area contributed by atoms with Crippen LogP contribution in [0.25, 0.3) is 0 Å². The number of ether oxygens (including phenoxy) is 1. The molecular weight excluding hydrogens is 232 g/mol. The highest BCUT2D eigenvalue weighted by Crippen LogP contribution is 2.30. The van der Waals surface area contributed by atoms with E-state index in [2.05, 4.69) is 29.4 Å². The Kier molecular flexibility index (Phi) is 3.69. The molecule has 0 saturated carbocycles. The second-order valence-corrected chi connectivity index (χ2v) is 4.69. The van der Waals surface area contributed by atoms with Crippen LogP contribution in [0.4, 0.5) is 4.79 Å². The van der Waals surface area contributed by atoms with Crippen LogP contribution in [-0.4, -0.2) is 25.2 Å². The maximum absolute atomic E-state index is 11.8. The fraction of sp³-hybridized carbons (Fsp3) is 0.538. The molecule has 98 valence electrons. The number of nitrogens with one attached hydrogen (secondary N) is 2. The number of allylic oxidation sites excluding steroid dienone is 2. The monoisotopic (exact) mass is 250 g/mol. The van der Waals surface area contributed by atoms with Crippen molar-refractivity contribution in [2.24, 2.45) is 11.8 Å². The van der Waals surface area contributed by atoms with Gasteiger partial charge in [-0.05, 0) is 25.2 Å². The first kappa shape index (κ1) is 12.7. The number of esters is 1. The van der Waals surface area contributed by atoms with Gasteiger partial charge in [0.05, 0.1) is 13.2 Å². The van der Waals surface area contributed by atoms with Crippen molar-refractivity contribution in [3.63, 3.8) is 0 Å². The van der Waals surface area contributed by atoms with Crippen molar-refractivity contribution in [1.82, 2.24) is 10.6 Å². The number of carbonyl (C=O) groups excluding carboxylic acids is 2. The second kappa shape index (κ2) is 5.25. The molecule has 0 aromatic heterocycles. The van der Waals surface area contributed by atoms with Crippen LogP contribution in [-0.2, 0) is 9.53 Å². The molecule has 0 radical (unpaired) electrons. The molecule has 2 rings (SSSR count). The topological polar surface area (TPSA) is 67.4 Å². The van der Waals surface area contributed by atoms with Crippen LogP contribution in [0.5, 0.6) is 0 Å². The second-order valence-electron chi connectivity index (χ2n) is 4.69. The summed E-state index contributed by atoms with van der Waals surface area (Å²) in [5.74, 6) is -0.613. The molecule has 5 heteroatoms. The Hall–Kier alpha value is -1.78. The van der Waals surface area contributed by atoms with E-state index in [4.69, 9.17) is 4.74 Å². The lowest BCUT2D eigenvalue weighted by molar-refractivity contribution is -0.145. The minimum absolute atomic E-state index is 0.233. The summed E-state index contributed by atoms with van der Waals surface area (Å²) >= 11 is 0. The van der Waals surface area contributed by atoms with Crippen LogP contribution < -0.4 is 10.6 Å². The highest BCUT2D eigenvalue weighted by molar-refractivity contribution is 5.85. The van der Waals surface area contributed by atoms with Crippen LogP contribution in [0.3, 0.4) is 0 Å². The molecule has 0 aromatic rings. The molecule has 0 aromatic carbocycles. The van der Waals surface area contributed by atoms with Crippen LogP contribution in [0.2, 0.25) is 0 Å². The molecule has 3 atom stereocenters. The average molecular weight is 250 g/mol. The van der Waals surface area contributed by atoms with Crippen LogP contribution >= 0.6 is 0 Å². The van der Waals surface area contributed by atoms with Gasteiger partial charge in [-0.3, -0.25) is 4.79 Å². The maximum atomic E-state index is 11.8. The predicted octanol–water partition coefficient (Wildman–Crippen LogP) is 1.33. The summed E-state index contributed by atoms with van der Waals surface area (Å²) < 4.78 is 4.81. The minimum Gasteiger partial charge on any atom is -0.468 e. The summed E-state index contributed by atoms with van der Waals surface area (Å²) in [5.41, 5.74) is 0.421. The summed E-state index contributed by atoms with van der Waals surface area (Å²) in [5, 5.41) is 5.39. The van der Waals surface area contributed by atoms with Crippen molar-refractivity contribution < 1.29 is 14.3 Å². The zero-order chi connectivity index (χ0) is 13.1. The van der Waals surface area contributed by atoms with E-state index in [9.17, 15) is 9.59 Å². The zero-order valence-corrected chi connectivity index (χ0v) is 10.4. The summed E-state index contributed by atoms with van der Waals surface area (Å²) in [6.45, 7) is 3.77. The Morgan fingerprint density at radius 1 is 1.50 bits per heavy atom. The average Bonchev–Trinajstić information content (AvgIpc) is 2.38. The number of urea groups is 1. The van der Waals surface area contributed by atoms with Crippen molar-refractivity contribution in [1.29, 1.82) is 0 Å². The highest BCUT2D eigenvalue weighted by atomic mass is 16.5. The number of hydrogen-bond donors (Lipinski definition) is 2. The van der Waals surface area contributed by atoms with Gasteiger partial charge in [0.15, 0.2) is 0 Å². The van der Waals surface area contributed by atoms with Gasteiger partial charge in [-0.2, -0.15) is 0 Å². The summed E-state index contributed by atoms with van der Waals surface area (Å²) in [7, 11) is 1.35. The zero-order valence-electron chi connectivity index (χ0n) is 10.4. The Labute approximate surface area is 106 Å². The van der Waals surface area contributed by atoms with Gasteiger partial charge in [-0.15, -0.1) is 0 Å². The Balaban J connectivity index is 2.21. The van der Waals surface area contributed by atoms with Crippen LogP contribution in [0.1, 0.15) is 19.3 Å². The highest BCUT2D eigenvalue weighted by Gasteiger charge is 2.41. The van der Waals surface area contributed by atoms with E-state index >= 15 is 0 Å². The van der Waals surface area contributed by atoms with E-state index in [-0.39, 0.29) is 24.0 Å². The molecule has 2 amide bonds. The standard InChI is InChI=1S/C13H18N2O3/c1-8-10(12(16)18-2)11(15-13(17)14-8)9-6-4-3-5-7-9/h3-4,9-11H,1,5-7H2,2H3,(H2,14,15,17). The molecule has 1 heterocycles. The normalized spacial score (nSPS) is 31.5. The summed E-state index contributed by atoms with van der Waals surface area (Å²) in [6.07, 6.45) is 7.03. The molecule has 1 saturated heterocycles. The van der Waals surface area contributed by atoms with Gasteiger partial charge in [-0.1, -0.05) is 18.7 Å². The van der Waals surface area contributed by atoms with Gasteiger partial charge in [0.2, 0.25) is 0 Å². The Bertz CT molecular complexity index is 403. The molecule has 1 aliphatic carbocycles. The molecule has 2 N–H and O–H groups in total. The van der Waals surface area contributed by atoms with Crippen molar-refractivity contribution >= 4 is 12.0 Å². The van der Waals surface area contributed by atoms with Crippen molar-refractivity contribution in [2.75, 3.05) is 7.11 Å². The number of hydrogen-bond acceptors (Lipinski definition) is 3. The van der Waals surface area contributed by atoms with Crippen LogP contribution in [0.15, 0.2) is 24.4 Å². The van der Waals surface area contributed by atoms with Crippen molar-refractivity contribution in [3.05, 3.63) is 24.4 Å². The van der Waals surface area contributed by atoms with Gasteiger partial charge in [0, 0.05) is 5.70 Å². The molecule has 18 heavy (non-hydrogen) atoms. The van der Waals surface area contributed by atoms with Crippen molar-refractivity contribution in [2.45, 2.75) is 25.3 Å². The van der Waals surface area contributed by atoms with E-state index in [1.54, 1.807) is 0 Å². The van der Waals surface area contributed by atoms with Gasteiger partial charge in [0.1, 0.15) is 5.92 Å². The lowest BCUT2D eigenvalue weighted by atomic mass is 9.79. The first-order valence-electron chi connectivity index (χ1n) is 6.12. The Morgan fingerprint density at radius 3 is 2.89 bits per heavy atom. The summed E-state index contributed by atoms with van der Waals surface area (Å²) in [4.78, 5) is 23.4. The fourth-order valence-corrected chi connectivity index (χ4v) is 2.66. The molecule has 1 aliphatic heterocycles. The number of amides is 2. The number of methoxy groups -OCH3 is 1. The van der Waals surface area contributed by atoms with E-state index in [0.717, 1.165) is 19.3 Å². The fourth-order valence-electron chi connectivity index (χ4n) is 2.66. The van der Waals surface area contributed by atoms with E-state index in [1.807, 2.05) is 0 Å². The van der Waals surface area contributed by atoms with Crippen molar-refractivity contribution in [3.8, 4) is 0 Å². The Morgan fingerprint density at radius 2 is 2.28 bits per heavy atom. The lowest BCUT2D eigenvalue weighted by Gasteiger charge is -2.38. The maximum Gasteiger partial charge on any atom is 0.319 e.